The zero-order valence-corrected chi connectivity index (χ0v) is 15.5. The first-order valence-electron chi connectivity index (χ1n) is 8.79. The summed E-state index contributed by atoms with van der Waals surface area (Å²) >= 11 is 0. The third-order valence-corrected chi connectivity index (χ3v) is 5.22. The van der Waals surface area contributed by atoms with Gasteiger partial charge in [0.05, 0.1) is 24.9 Å². The van der Waals surface area contributed by atoms with Crippen LogP contribution in [0.25, 0.3) is 10.9 Å². The summed E-state index contributed by atoms with van der Waals surface area (Å²) in [6, 6.07) is 5.85. The number of nitrogens with zero attached hydrogens (tertiary/aromatic N) is 4. The SMILES string of the molecule is CCc1ncc2c(n1)CN(C(=O)c1c(C)n(C)c3ccc(OC)cc13)C2. The second-order valence-electron chi connectivity index (χ2n) is 6.68. The zero-order valence-electron chi connectivity index (χ0n) is 15.5. The maximum absolute atomic E-state index is 13.3. The number of amides is 1. The summed E-state index contributed by atoms with van der Waals surface area (Å²) < 4.78 is 7.41. The van der Waals surface area contributed by atoms with Crippen molar-refractivity contribution in [2.45, 2.75) is 33.4 Å². The van der Waals surface area contributed by atoms with Gasteiger partial charge in [0.15, 0.2) is 0 Å². The molecule has 0 atom stereocenters. The standard InChI is InChI=1S/C20H22N4O2/c1-5-18-21-9-13-10-24(11-16(13)22-18)20(25)19-12(2)23(3)17-7-6-14(26-4)8-15(17)19/h6-9H,5,10-11H2,1-4H3. The summed E-state index contributed by atoms with van der Waals surface area (Å²) in [6.07, 6.45) is 2.65. The molecule has 0 N–H and O–H groups in total. The second-order valence-corrected chi connectivity index (χ2v) is 6.68. The van der Waals surface area contributed by atoms with Gasteiger partial charge in [-0.25, -0.2) is 9.97 Å². The lowest BCUT2D eigenvalue weighted by molar-refractivity contribution is 0.0751. The van der Waals surface area contributed by atoms with E-state index in [-0.39, 0.29) is 5.91 Å². The van der Waals surface area contributed by atoms with E-state index in [1.807, 2.05) is 50.2 Å². The molecule has 4 rings (SSSR count). The van der Waals surface area contributed by atoms with Crippen LogP contribution in [0.15, 0.2) is 24.4 Å². The summed E-state index contributed by atoms with van der Waals surface area (Å²) in [5.74, 6) is 1.60. The molecule has 6 heteroatoms. The highest BCUT2D eigenvalue weighted by Crippen LogP contribution is 2.31. The third kappa shape index (κ3) is 2.44. The minimum absolute atomic E-state index is 0.0254. The van der Waals surface area contributed by atoms with Crippen LogP contribution in [0.5, 0.6) is 5.75 Å². The molecular formula is C20H22N4O2. The molecule has 1 aromatic carbocycles. The third-order valence-electron chi connectivity index (χ3n) is 5.22. The van der Waals surface area contributed by atoms with Gasteiger partial charge in [0, 0.05) is 48.4 Å². The molecule has 1 amide bonds. The van der Waals surface area contributed by atoms with Crippen molar-refractivity contribution in [2.75, 3.05) is 7.11 Å². The average Bonchev–Trinajstić information content (AvgIpc) is 3.20. The molecule has 0 bridgehead atoms. The van der Waals surface area contributed by atoms with Gasteiger partial charge in [-0.1, -0.05) is 6.92 Å². The van der Waals surface area contributed by atoms with Crippen LogP contribution in [-0.2, 0) is 26.6 Å². The Balaban J connectivity index is 1.74. The number of hydrogen-bond acceptors (Lipinski definition) is 4. The fourth-order valence-corrected chi connectivity index (χ4v) is 3.61. The Morgan fingerprint density at radius 2 is 2.12 bits per heavy atom. The van der Waals surface area contributed by atoms with Gasteiger partial charge in [-0.15, -0.1) is 0 Å². The second kappa shape index (κ2) is 6.12. The van der Waals surface area contributed by atoms with Gasteiger partial charge in [0.25, 0.3) is 5.91 Å². The van der Waals surface area contributed by atoms with E-state index in [0.717, 1.165) is 51.4 Å². The normalized spacial score (nSPS) is 13.3. The summed E-state index contributed by atoms with van der Waals surface area (Å²) in [5.41, 5.74) is 4.70. The van der Waals surface area contributed by atoms with Crippen LogP contribution in [0.3, 0.4) is 0 Å². The van der Waals surface area contributed by atoms with Gasteiger partial charge in [0.1, 0.15) is 11.6 Å². The Kier molecular flexibility index (Phi) is 3.90. The minimum Gasteiger partial charge on any atom is -0.497 e. The fraction of sp³-hybridized carbons (Fsp3) is 0.350. The van der Waals surface area contributed by atoms with E-state index in [2.05, 4.69) is 14.5 Å². The van der Waals surface area contributed by atoms with Crippen LogP contribution >= 0.6 is 0 Å². The molecule has 0 saturated heterocycles. The first-order valence-corrected chi connectivity index (χ1v) is 8.79. The molecule has 26 heavy (non-hydrogen) atoms. The molecule has 1 aliphatic rings. The topological polar surface area (TPSA) is 60.2 Å². The van der Waals surface area contributed by atoms with Crippen molar-refractivity contribution in [3.05, 3.63) is 52.7 Å². The number of carbonyl (C=O) groups excluding carboxylic acids is 1. The van der Waals surface area contributed by atoms with Crippen LogP contribution < -0.4 is 4.74 Å². The highest BCUT2D eigenvalue weighted by Gasteiger charge is 2.29. The Bertz CT molecular complexity index is 1020. The fourth-order valence-electron chi connectivity index (χ4n) is 3.61. The van der Waals surface area contributed by atoms with Gasteiger partial charge in [-0.2, -0.15) is 0 Å². The molecule has 3 heterocycles. The smallest absolute Gasteiger partial charge is 0.256 e. The van der Waals surface area contributed by atoms with Gasteiger partial charge >= 0.3 is 0 Å². The minimum atomic E-state index is 0.0254. The van der Waals surface area contributed by atoms with Crippen LogP contribution in [0, 0.1) is 6.92 Å². The Labute approximate surface area is 152 Å². The number of fused-ring (bicyclic) bond motifs is 2. The van der Waals surface area contributed by atoms with E-state index in [9.17, 15) is 4.79 Å². The number of rotatable bonds is 3. The summed E-state index contributed by atoms with van der Waals surface area (Å²) in [6.45, 7) is 5.10. The van der Waals surface area contributed by atoms with Crippen LogP contribution in [0.4, 0.5) is 0 Å². The van der Waals surface area contributed by atoms with Gasteiger partial charge in [-0.05, 0) is 25.1 Å². The van der Waals surface area contributed by atoms with Crippen molar-refractivity contribution < 1.29 is 9.53 Å². The molecule has 2 aromatic heterocycles. The van der Waals surface area contributed by atoms with Crippen molar-refractivity contribution in [3.8, 4) is 5.75 Å². The molecule has 1 aliphatic heterocycles. The lowest BCUT2D eigenvalue weighted by Crippen LogP contribution is -2.26. The Hall–Kier alpha value is -2.89. The summed E-state index contributed by atoms with van der Waals surface area (Å²) in [7, 11) is 3.62. The highest BCUT2D eigenvalue weighted by atomic mass is 16.5. The molecule has 3 aromatic rings. The molecule has 134 valence electrons. The number of aromatic nitrogens is 3. The lowest BCUT2D eigenvalue weighted by atomic mass is 10.1. The monoisotopic (exact) mass is 350 g/mol. The van der Waals surface area contributed by atoms with E-state index in [1.54, 1.807) is 7.11 Å². The molecule has 0 unspecified atom stereocenters. The zero-order chi connectivity index (χ0) is 18.4. The molecule has 0 radical (unpaired) electrons. The van der Waals surface area contributed by atoms with Crippen molar-refractivity contribution in [1.82, 2.24) is 19.4 Å². The van der Waals surface area contributed by atoms with Crippen molar-refractivity contribution in [3.63, 3.8) is 0 Å². The molecule has 0 aliphatic carbocycles. The number of aryl methyl sites for hydroxylation is 2. The van der Waals surface area contributed by atoms with Crippen molar-refractivity contribution in [1.29, 1.82) is 0 Å². The molecular weight excluding hydrogens is 328 g/mol. The van der Waals surface area contributed by atoms with Crippen LogP contribution in [0.2, 0.25) is 0 Å². The van der Waals surface area contributed by atoms with E-state index in [4.69, 9.17) is 4.74 Å². The molecule has 6 nitrogen and oxygen atoms in total. The first-order chi connectivity index (χ1) is 12.5. The predicted molar refractivity (Wildman–Crippen MR) is 99.2 cm³/mol. The number of carbonyl (C=O) groups is 1. The maximum atomic E-state index is 13.3. The van der Waals surface area contributed by atoms with E-state index >= 15 is 0 Å². The molecule has 0 spiro atoms. The molecule has 0 fully saturated rings. The summed E-state index contributed by atoms with van der Waals surface area (Å²) in [5, 5.41) is 0.922. The first kappa shape index (κ1) is 16.6. The Morgan fingerprint density at radius 1 is 1.31 bits per heavy atom. The van der Waals surface area contributed by atoms with Crippen LogP contribution in [0.1, 0.15) is 40.1 Å². The largest absolute Gasteiger partial charge is 0.497 e. The summed E-state index contributed by atoms with van der Waals surface area (Å²) in [4.78, 5) is 24.1. The van der Waals surface area contributed by atoms with Gasteiger partial charge < -0.3 is 14.2 Å². The van der Waals surface area contributed by atoms with E-state index < -0.39 is 0 Å². The van der Waals surface area contributed by atoms with E-state index in [1.165, 1.54) is 0 Å². The Morgan fingerprint density at radius 3 is 2.85 bits per heavy atom. The van der Waals surface area contributed by atoms with Gasteiger partial charge in [-0.3, -0.25) is 4.79 Å². The average molecular weight is 350 g/mol. The van der Waals surface area contributed by atoms with Crippen molar-refractivity contribution >= 4 is 16.8 Å². The number of methoxy groups -OCH3 is 1. The van der Waals surface area contributed by atoms with E-state index in [0.29, 0.717) is 13.1 Å². The lowest BCUT2D eigenvalue weighted by Gasteiger charge is -2.15. The predicted octanol–water partition coefficient (Wildman–Crippen LogP) is 3.00. The number of ether oxygens (including phenoxy) is 1. The maximum Gasteiger partial charge on any atom is 0.256 e. The molecule has 0 saturated carbocycles. The van der Waals surface area contributed by atoms with Gasteiger partial charge in [0.2, 0.25) is 0 Å². The van der Waals surface area contributed by atoms with Crippen molar-refractivity contribution in [2.24, 2.45) is 7.05 Å². The number of benzene rings is 1. The number of hydrogen-bond donors (Lipinski definition) is 0. The quantitative estimate of drug-likeness (QED) is 0.728. The van der Waals surface area contributed by atoms with Crippen LogP contribution in [-0.4, -0.2) is 32.5 Å². The highest BCUT2D eigenvalue weighted by molar-refractivity contribution is 6.08.